The lowest BCUT2D eigenvalue weighted by Crippen LogP contribution is -2.51. The fourth-order valence-electron chi connectivity index (χ4n) is 4.68. The number of aromatic nitrogens is 1. The summed E-state index contributed by atoms with van der Waals surface area (Å²) in [4.78, 5) is 34.5. The third-order valence-electron chi connectivity index (χ3n) is 6.08. The van der Waals surface area contributed by atoms with Gasteiger partial charge in [0.05, 0.1) is 4.88 Å². The molecule has 1 aromatic heterocycles. The SMILES string of the molecule is CCN(CC)c1nc(C(=O)N2[C@H]3CC[C@H](C3)[C@@H]2C(N)=O)c(-c2ccccc2F)s1. The van der Waals surface area contributed by atoms with Crippen LogP contribution in [0.2, 0.25) is 0 Å². The van der Waals surface area contributed by atoms with E-state index in [1.54, 1.807) is 23.1 Å². The molecule has 4 rings (SSSR count). The Bertz CT molecular complexity index is 943. The molecule has 1 saturated heterocycles. The smallest absolute Gasteiger partial charge is 0.275 e. The molecule has 1 saturated carbocycles. The minimum absolute atomic E-state index is 0.00271. The second kappa shape index (κ2) is 7.74. The molecule has 1 aliphatic heterocycles. The van der Waals surface area contributed by atoms with E-state index < -0.39 is 17.8 Å². The van der Waals surface area contributed by atoms with E-state index in [2.05, 4.69) is 4.98 Å². The monoisotopic (exact) mass is 416 g/mol. The molecule has 0 radical (unpaired) electrons. The van der Waals surface area contributed by atoms with E-state index >= 15 is 0 Å². The average Bonchev–Trinajstić information content (AvgIpc) is 3.43. The van der Waals surface area contributed by atoms with Crippen LogP contribution in [0.15, 0.2) is 24.3 Å². The number of rotatable bonds is 6. The Labute approximate surface area is 173 Å². The number of thiazole rings is 1. The van der Waals surface area contributed by atoms with Crippen LogP contribution in [0.1, 0.15) is 43.6 Å². The molecule has 3 atom stereocenters. The van der Waals surface area contributed by atoms with Crippen molar-refractivity contribution in [3.63, 3.8) is 0 Å². The third kappa shape index (κ3) is 3.29. The summed E-state index contributed by atoms with van der Waals surface area (Å²) in [5, 5.41) is 0.677. The van der Waals surface area contributed by atoms with Gasteiger partial charge in [-0.25, -0.2) is 9.37 Å². The molecule has 8 heteroatoms. The minimum atomic E-state index is -0.603. The molecule has 0 spiro atoms. The highest BCUT2D eigenvalue weighted by Gasteiger charge is 2.51. The predicted octanol–water partition coefficient (Wildman–Crippen LogP) is 3.27. The summed E-state index contributed by atoms with van der Waals surface area (Å²) >= 11 is 1.31. The largest absolute Gasteiger partial charge is 0.368 e. The highest BCUT2D eigenvalue weighted by Crippen LogP contribution is 2.45. The van der Waals surface area contributed by atoms with Crippen molar-refractivity contribution in [2.45, 2.75) is 45.2 Å². The van der Waals surface area contributed by atoms with E-state index in [4.69, 9.17) is 5.73 Å². The summed E-state index contributed by atoms with van der Waals surface area (Å²) in [5.74, 6) is -1.09. The Hall–Kier alpha value is -2.48. The molecular weight excluding hydrogens is 391 g/mol. The zero-order valence-electron chi connectivity index (χ0n) is 16.6. The van der Waals surface area contributed by atoms with Gasteiger partial charge in [-0.2, -0.15) is 0 Å². The molecule has 0 unspecified atom stereocenters. The zero-order valence-corrected chi connectivity index (χ0v) is 17.4. The normalized spacial score (nSPS) is 22.9. The van der Waals surface area contributed by atoms with Gasteiger partial charge in [0.25, 0.3) is 5.91 Å². The van der Waals surface area contributed by atoms with Crippen molar-refractivity contribution < 1.29 is 14.0 Å². The van der Waals surface area contributed by atoms with Crippen LogP contribution in [0.5, 0.6) is 0 Å². The summed E-state index contributed by atoms with van der Waals surface area (Å²) in [7, 11) is 0. The maximum absolute atomic E-state index is 14.6. The molecule has 2 N–H and O–H groups in total. The number of carbonyl (C=O) groups excluding carboxylic acids is 2. The zero-order chi connectivity index (χ0) is 20.7. The quantitative estimate of drug-likeness (QED) is 0.784. The summed E-state index contributed by atoms with van der Waals surface area (Å²) in [6.45, 7) is 5.48. The molecule has 1 aromatic carbocycles. The fourth-order valence-corrected chi connectivity index (χ4v) is 5.89. The number of halogens is 1. The first-order valence-corrected chi connectivity index (χ1v) is 10.9. The van der Waals surface area contributed by atoms with E-state index in [9.17, 15) is 14.0 Å². The fraction of sp³-hybridized carbons (Fsp3) is 0.476. The van der Waals surface area contributed by atoms with Gasteiger partial charge in [-0.15, -0.1) is 0 Å². The molecule has 2 fully saturated rings. The van der Waals surface area contributed by atoms with Gasteiger partial charge in [-0.3, -0.25) is 9.59 Å². The van der Waals surface area contributed by atoms with Crippen molar-refractivity contribution in [3.05, 3.63) is 35.8 Å². The third-order valence-corrected chi connectivity index (χ3v) is 7.23. The number of carbonyl (C=O) groups is 2. The van der Waals surface area contributed by atoms with Crippen molar-refractivity contribution in [1.82, 2.24) is 9.88 Å². The van der Waals surface area contributed by atoms with Crippen molar-refractivity contribution in [3.8, 4) is 10.4 Å². The van der Waals surface area contributed by atoms with Gasteiger partial charge in [0.1, 0.15) is 17.6 Å². The van der Waals surface area contributed by atoms with Gasteiger partial charge < -0.3 is 15.5 Å². The Morgan fingerprint density at radius 1 is 1.28 bits per heavy atom. The van der Waals surface area contributed by atoms with E-state index in [0.29, 0.717) is 15.6 Å². The molecule has 2 heterocycles. The van der Waals surface area contributed by atoms with E-state index in [1.165, 1.54) is 17.4 Å². The van der Waals surface area contributed by atoms with Crippen molar-refractivity contribution in [2.24, 2.45) is 11.7 Å². The molecular formula is C21H25FN4O2S. The van der Waals surface area contributed by atoms with Crippen LogP contribution in [0.4, 0.5) is 9.52 Å². The summed E-state index contributed by atoms with van der Waals surface area (Å²) in [5.41, 5.74) is 6.20. The summed E-state index contributed by atoms with van der Waals surface area (Å²) in [6.07, 6.45) is 2.56. The molecule has 2 aromatic rings. The topological polar surface area (TPSA) is 79.5 Å². The number of amides is 2. The number of piperidine rings is 1. The van der Waals surface area contributed by atoms with Crippen LogP contribution in [0.3, 0.4) is 0 Å². The summed E-state index contributed by atoms with van der Waals surface area (Å²) in [6, 6.07) is 5.80. The van der Waals surface area contributed by atoms with E-state index in [1.807, 2.05) is 18.7 Å². The maximum Gasteiger partial charge on any atom is 0.275 e. The molecule has 6 nitrogen and oxygen atoms in total. The predicted molar refractivity (Wildman–Crippen MR) is 111 cm³/mol. The van der Waals surface area contributed by atoms with Gasteiger partial charge in [-0.05, 0) is 45.1 Å². The summed E-state index contributed by atoms with van der Waals surface area (Å²) < 4.78 is 14.6. The molecule has 2 aliphatic rings. The lowest BCUT2D eigenvalue weighted by atomic mass is 9.97. The number of nitrogens with two attached hydrogens (primary N) is 1. The Morgan fingerprint density at radius 2 is 2.00 bits per heavy atom. The Morgan fingerprint density at radius 3 is 2.66 bits per heavy atom. The van der Waals surface area contributed by atoms with Crippen LogP contribution in [-0.4, -0.2) is 46.9 Å². The van der Waals surface area contributed by atoms with Gasteiger partial charge >= 0.3 is 0 Å². The standard InChI is InChI=1S/C21H25FN4O2S/c1-3-25(4-2)21-24-16(18(29-21)14-7-5-6-8-15(14)22)20(28)26-13-10-9-12(11-13)17(26)19(23)27/h5-8,12-13,17H,3-4,9-11H2,1-2H3,(H2,23,27)/t12-,13+,17-/m1/s1. The van der Waals surface area contributed by atoms with Crippen molar-refractivity contribution in [1.29, 1.82) is 0 Å². The molecule has 2 amide bonds. The second-order valence-electron chi connectivity index (χ2n) is 7.61. The Balaban J connectivity index is 1.81. The maximum atomic E-state index is 14.6. The first kappa shape index (κ1) is 19.8. The van der Waals surface area contributed by atoms with Gasteiger partial charge in [-0.1, -0.05) is 29.5 Å². The highest BCUT2D eigenvalue weighted by atomic mass is 32.1. The lowest BCUT2D eigenvalue weighted by Gasteiger charge is -2.33. The van der Waals surface area contributed by atoms with Gasteiger partial charge in [0.2, 0.25) is 5.91 Å². The molecule has 1 aliphatic carbocycles. The van der Waals surface area contributed by atoms with Crippen molar-refractivity contribution >= 4 is 28.3 Å². The van der Waals surface area contributed by atoms with E-state index in [-0.39, 0.29) is 23.6 Å². The van der Waals surface area contributed by atoms with E-state index in [0.717, 1.165) is 32.4 Å². The number of hydrogen-bond acceptors (Lipinski definition) is 5. The van der Waals surface area contributed by atoms with Crippen LogP contribution in [0, 0.1) is 11.7 Å². The van der Waals surface area contributed by atoms with Crippen LogP contribution < -0.4 is 10.6 Å². The lowest BCUT2D eigenvalue weighted by molar-refractivity contribution is -0.123. The number of likely N-dealkylation sites (tertiary alicyclic amines) is 1. The van der Waals surface area contributed by atoms with Gasteiger partial charge in [0, 0.05) is 24.7 Å². The minimum Gasteiger partial charge on any atom is -0.368 e. The Kier molecular flexibility index (Phi) is 5.29. The van der Waals surface area contributed by atoms with Crippen LogP contribution in [0.25, 0.3) is 10.4 Å². The average molecular weight is 417 g/mol. The van der Waals surface area contributed by atoms with Crippen LogP contribution >= 0.6 is 11.3 Å². The van der Waals surface area contributed by atoms with Crippen LogP contribution in [-0.2, 0) is 4.79 Å². The molecule has 29 heavy (non-hydrogen) atoms. The first-order valence-electron chi connectivity index (χ1n) is 10.1. The molecule has 2 bridgehead atoms. The number of anilines is 1. The van der Waals surface area contributed by atoms with Gasteiger partial charge in [0.15, 0.2) is 5.13 Å². The molecule has 154 valence electrons. The number of primary amides is 1. The number of nitrogens with zero attached hydrogens (tertiary/aromatic N) is 3. The highest BCUT2D eigenvalue weighted by molar-refractivity contribution is 7.19. The number of hydrogen-bond donors (Lipinski definition) is 1. The van der Waals surface area contributed by atoms with Crippen molar-refractivity contribution in [2.75, 3.05) is 18.0 Å². The number of fused-ring (bicyclic) bond motifs is 2. The second-order valence-corrected chi connectivity index (χ2v) is 8.59. The first-order chi connectivity index (χ1) is 14.0. The number of benzene rings is 1.